The van der Waals surface area contributed by atoms with Crippen LogP contribution >= 0.6 is 11.3 Å². The van der Waals surface area contributed by atoms with Crippen LogP contribution in [0.15, 0.2) is 0 Å². The molecule has 0 aliphatic carbocycles. The molecule has 116 valence electrons. The van der Waals surface area contributed by atoms with E-state index in [1.807, 2.05) is 11.8 Å². The largest absolute Gasteiger partial charge is 0.342 e. The van der Waals surface area contributed by atoms with Crippen molar-refractivity contribution < 1.29 is 9.59 Å². The Hall–Kier alpha value is -1.50. The molecular weight excluding hydrogens is 288 g/mol. The standard InChI is InChI=1S/C14H22N4O2S/c1-9-6-10(2)8-18(7-9)13(20)5-4-12(19)15-14-17-16-11(3)21-14/h9-10H,4-8H2,1-3H3,(H,15,17,19)/t9-,10-/m1/s1. The molecule has 2 rings (SSSR count). The topological polar surface area (TPSA) is 75.2 Å². The lowest BCUT2D eigenvalue weighted by molar-refractivity contribution is -0.135. The molecule has 0 saturated carbocycles. The Kier molecular flexibility index (Phi) is 5.27. The predicted molar refractivity (Wildman–Crippen MR) is 82.0 cm³/mol. The van der Waals surface area contributed by atoms with Gasteiger partial charge in [0.1, 0.15) is 5.01 Å². The van der Waals surface area contributed by atoms with Gasteiger partial charge >= 0.3 is 0 Å². The molecule has 7 heteroatoms. The molecule has 0 radical (unpaired) electrons. The number of hydrogen-bond donors (Lipinski definition) is 1. The molecule has 1 aliphatic heterocycles. The Morgan fingerprint density at radius 1 is 1.24 bits per heavy atom. The van der Waals surface area contributed by atoms with E-state index in [-0.39, 0.29) is 24.7 Å². The molecule has 21 heavy (non-hydrogen) atoms. The highest BCUT2D eigenvalue weighted by Gasteiger charge is 2.25. The van der Waals surface area contributed by atoms with Gasteiger partial charge < -0.3 is 10.2 Å². The maximum absolute atomic E-state index is 12.2. The summed E-state index contributed by atoms with van der Waals surface area (Å²) >= 11 is 1.33. The van der Waals surface area contributed by atoms with Crippen molar-refractivity contribution in [3.05, 3.63) is 5.01 Å². The summed E-state index contributed by atoms with van der Waals surface area (Å²) in [6, 6.07) is 0. The highest BCUT2D eigenvalue weighted by molar-refractivity contribution is 7.15. The first kappa shape index (κ1) is 15.9. The van der Waals surface area contributed by atoms with E-state index in [0.717, 1.165) is 18.1 Å². The van der Waals surface area contributed by atoms with Gasteiger partial charge in [-0.2, -0.15) is 0 Å². The number of amides is 2. The molecular formula is C14H22N4O2S. The van der Waals surface area contributed by atoms with E-state index >= 15 is 0 Å². The second-order valence-electron chi connectivity index (χ2n) is 5.92. The van der Waals surface area contributed by atoms with E-state index in [1.54, 1.807) is 0 Å². The lowest BCUT2D eigenvalue weighted by Gasteiger charge is -2.35. The molecule has 1 aliphatic rings. The van der Waals surface area contributed by atoms with E-state index in [4.69, 9.17) is 0 Å². The van der Waals surface area contributed by atoms with Crippen LogP contribution in [0.5, 0.6) is 0 Å². The number of rotatable bonds is 4. The second kappa shape index (κ2) is 6.98. The van der Waals surface area contributed by atoms with Gasteiger partial charge in [-0.25, -0.2) is 0 Å². The third kappa shape index (κ3) is 4.77. The van der Waals surface area contributed by atoms with Crippen molar-refractivity contribution in [3.8, 4) is 0 Å². The Bertz CT molecular complexity index is 507. The van der Waals surface area contributed by atoms with E-state index in [9.17, 15) is 9.59 Å². The first-order valence-electron chi connectivity index (χ1n) is 7.31. The molecule has 0 unspecified atom stereocenters. The molecule has 1 saturated heterocycles. The number of aryl methyl sites for hydroxylation is 1. The number of likely N-dealkylation sites (tertiary alicyclic amines) is 1. The lowest BCUT2D eigenvalue weighted by atomic mass is 9.91. The van der Waals surface area contributed by atoms with Crippen LogP contribution in [0.25, 0.3) is 0 Å². The van der Waals surface area contributed by atoms with Crippen molar-refractivity contribution in [2.45, 2.75) is 40.0 Å². The van der Waals surface area contributed by atoms with E-state index in [1.165, 1.54) is 17.8 Å². The number of piperidine rings is 1. The molecule has 0 bridgehead atoms. The van der Waals surface area contributed by atoms with Crippen LogP contribution in [0, 0.1) is 18.8 Å². The third-order valence-electron chi connectivity index (χ3n) is 3.56. The zero-order chi connectivity index (χ0) is 15.4. The van der Waals surface area contributed by atoms with Gasteiger partial charge in [0.05, 0.1) is 0 Å². The molecule has 0 spiro atoms. The van der Waals surface area contributed by atoms with Crippen LogP contribution in [0.1, 0.15) is 38.1 Å². The molecule has 0 aromatic carbocycles. The van der Waals surface area contributed by atoms with Gasteiger partial charge in [-0.1, -0.05) is 25.2 Å². The fourth-order valence-corrected chi connectivity index (χ4v) is 3.38. The van der Waals surface area contributed by atoms with Crippen LogP contribution < -0.4 is 5.32 Å². The van der Waals surface area contributed by atoms with Crippen molar-refractivity contribution in [3.63, 3.8) is 0 Å². The normalized spacial score (nSPS) is 22.1. The predicted octanol–water partition coefficient (Wildman–Crippen LogP) is 2.07. The number of aromatic nitrogens is 2. The monoisotopic (exact) mass is 310 g/mol. The van der Waals surface area contributed by atoms with Crippen molar-refractivity contribution in [1.82, 2.24) is 15.1 Å². The van der Waals surface area contributed by atoms with Gasteiger partial charge in [-0.3, -0.25) is 9.59 Å². The SMILES string of the molecule is Cc1nnc(NC(=O)CCC(=O)N2C[C@H](C)C[C@@H](C)C2)s1. The Morgan fingerprint density at radius 3 is 2.48 bits per heavy atom. The number of anilines is 1. The highest BCUT2D eigenvalue weighted by Crippen LogP contribution is 2.21. The molecule has 6 nitrogen and oxygen atoms in total. The minimum atomic E-state index is -0.183. The smallest absolute Gasteiger partial charge is 0.226 e. The summed E-state index contributed by atoms with van der Waals surface area (Å²) in [4.78, 5) is 25.9. The van der Waals surface area contributed by atoms with Gasteiger partial charge in [-0.05, 0) is 25.2 Å². The number of carbonyl (C=O) groups excluding carboxylic acids is 2. The summed E-state index contributed by atoms with van der Waals surface area (Å²) in [6.07, 6.45) is 1.61. The van der Waals surface area contributed by atoms with Crippen molar-refractivity contribution >= 4 is 28.3 Å². The average molecular weight is 310 g/mol. The van der Waals surface area contributed by atoms with Crippen LogP contribution in [-0.4, -0.2) is 40.0 Å². The van der Waals surface area contributed by atoms with Gasteiger partial charge in [0.2, 0.25) is 16.9 Å². The second-order valence-corrected chi connectivity index (χ2v) is 7.10. The summed E-state index contributed by atoms with van der Waals surface area (Å²) < 4.78 is 0. The van der Waals surface area contributed by atoms with Gasteiger partial charge in [-0.15, -0.1) is 10.2 Å². The Labute approximate surface area is 128 Å². The van der Waals surface area contributed by atoms with Crippen LogP contribution in [0.4, 0.5) is 5.13 Å². The van der Waals surface area contributed by atoms with Crippen LogP contribution in [0.2, 0.25) is 0 Å². The maximum Gasteiger partial charge on any atom is 0.226 e. The average Bonchev–Trinajstić information content (AvgIpc) is 2.80. The van der Waals surface area contributed by atoms with Crippen molar-refractivity contribution in [1.29, 1.82) is 0 Å². The van der Waals surface area contributed by atoms with Crippen LogP contribution in [0.3, 0.4) is 0 Å². The van der Waals surface area contributed by atoms with E-state index in [0.29, 0.717) is 17.0 Å². The first-order chi connectivity index (χ1) is 9.94. The maximum atomic E-state index is 12.2. The fourth-order valence-electron chi connectivity index (χ4n) is 2.77. The first-order valence-corrected chi connectivity index (χ1v) is 8.13. The molecule has 2 atom stereocenters. The highest BCUT2D eigenvalue weighted by atomic mass is 32.1. The fraction of sp³-hybridized carbons (Fsp3) is 0.714. The number of hydrogen-bond acceptors (Lipinski definition) is 5. The molecule has 1 fully saturated rings. The van der Waals surface area contributed by atoms with Gasteiger partial charge in [0.15, 0.2) is 0 Å². The molecule has 1 N–H and O–H groups in total. The Balaban J connectivity index is 1.76. The number of carbonyl (C=O) groups is 2. The zero-order valence-electron chi connectivity index (χ0n) is 12.8. The number of nitrogens with one attached hydrogen (secondary N) is 1. The summed E-state index contributed by atoms with van der Waals surface area (Å²) in [5.41, 5.74) is 0. The molecule has 2 heterocycles. The quantitative estimate of drug-likeness (QED) is 0.924. The Morgan fingerprint density at radius 2 is 1.90 bits per heavy atom. The summed E-state index contributed by atoms with van der Waals surface area (Å²) in [6.45, 7) is 7.77. The van der Waals surface area contributed by atoms with Crippen molar-refractivity contribution in [2.24, 2.45) is 11.8 Å². The molecule has 1 aromatic heterocycles. The lowest BCUT2D eigenvalue weighted by Crippen LogP contribution is -2.42. The van der Waals surface area contributed by atoms with E-state index < -0.39 is 0 Å². The molecule has 2 amide bonds. The summed E-state index contributed by atoms with van der Waals surface area (Å²) in [7, 11) is 0. The molecule has 1 aromatic rings. The minimum Gasteiger partial charge on any atom is -0.342 e. The minimum absolute atomic E-state index is 0.0667. The van der Waals surface area contributed by atoms with E-state index in [2.05, 4.69) is 29.4 Å². The zero-order valence-corrected chi connectivity index (χ0v) is 13.6. The summed E-state index contributed by atoms with van der Waals surface area (Å²) in [5.74, 6) is 0.960. The number of nitrogens with zero attached hydrogens (tertiary/aromatic N) is 3. The van der Waals surface area contributed by atoms with Gasteiger partial charge in [0, 0.05) is 25.9 Å². The third-order valence-corrected chi connectivity index (χ3v) is 4.31. The van der Waals surface area contributed by atoms with Gasteiger partial charge in [0.25, 0.3) is 0 Å². The summed E-state index contributed by atoms with van der Waals surface area (Å²) in [5, 5.41) is 11.6. The van der Waals surface area contributed by atoms with Crippen molar-refractivity contribution in [2.75, 3.05) is 18.4 Å². The van der Waals surface area contributed by atoms with Crippen LogP contribution in [-0.2, 0) is 9.59 Å².